The first-order chi connectivity index (χ1) is 22.0. The molecule has 1 aliphatic carbocycles. The molecule has 5 nitrogen and oxygen atoms in total. The summed E-state index contributed by atoms with van der Waals surface area (Å²) in [7, 11) is 0. The highest BCUT2D eigenvalue weighted by atomic mass is 35.5. The number of anilines is 3. The normalized spacial score (nSPS) is 11.8. The summed E-state index contributed by atoms with van der Waals surface area (Å²) in [6.45, 7) is 0. The van der Waals surface area contributed by atoms with Crippen molar-refractivity contribution in [2.24, 2.45) is 0 Å². The number of nitrogens with one attached hydrogen (secondary N) is 2. The van der Waals surface area contributed by atoms with Crippen LogP contribution in [-0.4, -0.2) is 15.9 Å². The lowest BCUT2D eigenvalue weighted by molar-refractivity contribution is 0.102. The fourth-order valence-corrected chi connectivity index (χ4v) is 6.34. The van der Waals surface area contributed by atoms with E-state index in [-0.39, 0.29) is 5.91 Å². The molecule has 7 aromatic rings. The second-order valence-electron chi connectivity index (χ2n) is 11.1. The van der Waals surface area contributed by atoms with Gasteiger partial charge in [0.25, 0.3) is 5.91 Å². The molecule has 45 heavy (non-hydrogen) atoms. The van der Waals surface area contributed by atoms with Crippen LogP contribution in [0.1, 0.15) is 21.5 Å². The number of hydrogen-bond donors (Lipinski definition) is 2. The van der Waals surface area contributed by atoms with Crippen molar-refractivity contribution in [1.29, 1.82) is 0 Å². The average molecular weight is 624 g/mol. The summed E-state index contributed by atoms with van der Waals surface area (Å²) in [4.78, 5) is 23.2. The monoisotopic (exact) mass is 622 g/mol. The minimum absolute atomic E-state index is 0.297. The first kappa shape index (κ1) is 27.3. The molecule has 0 aliphatic heterocycles. The van der Waals surface area contributed by atoms with Gasteiger partial charge in [-0.2, -0.15) is 0 Å². The number of nitrogens with zero attached hydrogens (tertiary/aromatic N) is 2. The van der Waals surface area contributed by atoms with E-state index in [2.05, 4.69) is 71.3 Å². The number of fused-ring (bicyclic) bond motifs is 5. The lowest BCUT2D eigenvalue weighted by Gasteiger charge is -2.14. The first-order valence-corrected chi connectivity index (χ1v) is 15.3. The van der Waals surface area contributed by atoms with E-state index in [9.17, 15) is 4.79 Å². The number of carbonyl (C=O) groups is 1. The molecule has 0 bridgehead atoms. The van der Waals surface area contributed by atoms with E-state index in [0.29, 0.717) is 32.9 Å². The van der Waals surface area contributed by atoms with Gasteiger partial charge in [0.2, 0.25) is 0 Å². The molecular formula is C38H24Cl2N4O. The Kier molecular flexibility index (Phi) is 6.71. The number of hydrogen-bond acceptors (Lipinski definition) is 4. The zero-order valence-corrected chi connectivity index (χ0v) is 25.3. The minimum atomic E-state index is -0.297. The Morgan fingerprint density at radius 2 is 1.40 bits per heavy atom. The molecular weight excluding hydrogens is 599 g/mol. The number of aromatic nitrogens is 2. The molecule has 0 saturated carbocycles. The van der Waals surface area contributed by atoms with E-state index in [1.54, 1.807) is 18.2 Å². The summed E-state index contributed by atoms with van der Waals surface area (Å²) in [6, 6.07) is 39.8. The van der Waals surface area contributed by atoms with Crippen molar-refractivity contribution >= 4 is 68.0 Å². The Morgan fingerprint density at radius 1 is 0.622 bits per heavy atom. The van der Waals surface area contributed by atoms with Crippen LogP contribution in [0.5, 0.6) is 0 Å². The number of halogens is 2. The Labute approximate surface area is 269 Å². The van der Waals surface area contributed by atoms with Crippen LogP contribution in [0.3, 0.4) is 0 Å². The number of amides is 1. The first-order valence-electron chi connectivity index (χ1n) is 14.5. The van der Waals surface area contributed by atoms with Crippen molar-refractivity contribution < 1.29 is 4.79 Å². The van der Waals surface area contributed by atoms with Crippen LogP contribution in [0.2, 0.25) is 10.0 Å². The second-order valence-corrected chi connectivity index (χ2v) is 11.9. The second kappa shape index (κ2) is 11.0. The molecule has 1 aromatic heterocycles. The molecule has 7 heteroatoms. The molecule has 0 spiro atoms. The van der Waals surface area contributed by atoms with Gasteiger partial charge in [-0.3, -0.25) is 4.79 Å². The molecule has 0 radical (unpaired) electrons. The van der Waals surface area contributed by atoms with Crippen molar-refractivity contribution in [3.05, 3.63) is 148 Å². The zero-order valence-electron chi connectivity index (χ0n) is 23.8. The third-order valence-electron chi connectivity index (χ3n) is 8.22. The van der Waals surface area contributed by atoms with Gasteiger partial charge in [0.1, 0.15) is 5.82 Å². The largest absolute Gasteiger partial charge is 0.340 e. The predicted molar refractivity (Wildman–Crippen MR) is 185 cm³/mol. The molecule has 1 aliphatic rings. The summed E-state index contributed by atoms with van der Waals surface area (Å²) in [5, 5.41) is 10.2. The molecule has 0 atom stereocenters. The number of carbonyl (C=O) groups excluding carboxylic acids is 1. The summed E-state index contributed by atoms with van der Waals surface area (Å²) in [5.41, 5.74) is 8.77. The molecule has 216 valence electrons. The fraction of sp³-hybridized carbons (Fsp3) is 0.0263. The van der Waals surface area contributed by atoms with Crippen LogP contribution in [-0.2, 0) is 6.42 Å². The van der Waals surface area contributed by atoms with Crippen LogP contribution in [0.15, 0.2) is 121 Å². The average Bonchev–Trinajstić information content (AvgIpc) is 3.43. The third kappa shape index (κ3) is 5.06. The Balaban J connectivity index is 1.22. The van der Waals surface area contributed by atoms with Crippen LogP contribution < -0.4 is 10.6 Å². The van der Waals surface area contributed by atoms with Crippen molar-refractivity contribution in [3.63, 3.8) is 0 Å². The van der Waals surface area contributed by atoms with E-state index in [0.717, 1.165) is 39.3 Å². The van der Waals surface area contributed by atoms with Crippen LogP contribution >= 0.6 is 23.2 Å². The Hall–Kier alpha value is -5.23. The van der Waals surface area contributed by atoms with E-state index in [1.807, 2.05) is 42.5 Å². The predicted octanol–water partition coefficient (Wildman–Crippen LogP) is 10.3. The summed E-state index contributed by atoms with van der Waals surface area (Å²) in [6.07, 6.45) is 0.887. The van der Waals surface area contributed by atoms with Gasteiger partial charge in [0.15, 0.2) is 5.82 Å². The molecule has 8 rings (SSSR count). The van der Waals surface area contributed by atoms with E-state index in [1.165, 1.54) is 22.3 Å². The Morgan fingerprint density at radius 3 is 2.31 bits per heavy atom. The highest BCUT2D eigenvalue weighted by Gasteiger charge is 2.19. The van der Waals surface area contributed by atoms with Gasteiger partial charge >= 0.3 is 0 Å². The molecule has 2 N–H and O–H groups in total. The van der Waals surface area contributed by atoms with Crippen LogP contribution in [0.4, 0.5) is 17.2 Å². The topological polar surface area (TPSA) is 66.9 Å². The molecule has 0 fully saturated rings. The van der Waals surface area contributed by atoms with Crippen molar-refractivity contribution in [2.45, 2.75) is 6.42 Å². The lowest BCUT2D eigenvalue weighted by atomic mass is 10.0. The van der Waals surface area contributed by atoms with E-state index in [4.69, 9.17) is 33.2 Å². The SMILES string of the molecule is O=C(Nc1ccc2nc(-c3cccc4ccccc34)nc(Nc3ccc4c(c3)Cc3ccccc3-4)c2c1)c1ccc(Cl)c(Cl)c1. The maximum Gasteiger partial charge on any atom is 0.255 e. The van der Waals surface area contributed by atoms with Crippen molar-refractivity contribution in [3.8, 4) is 22.5 Å². The van der Waals surface area contributed by atoms with Gasteiger partial charge in [-0.15, -0.1) is 0 Å². The molecule has 0 unspecified atom stereocenters. The summed E-state index contributed by atoms with van der Waals surface area (Å²) in [5.74, 6) is 0.959. The zero-order chi connectivity index (χ0) is 30.5. The van der Waals surface area contributed by atoms with Gasteiger partial charge in [-0.05, 0) is 88.0 Å². The minimum Gasteiger partial charge on any atom is -0.340 e. The number of benzene rings is 6. The van der Waals surface area contributed by atoms with Gasteiger partial charge < -0.3 is 10.6 Å². The Bertz CT molecular complexity index is 2310. The van der Waals surface area contributed by atoms with Crippen LogP contribution in [0.25, 0.3) is 44.2 Å². The van der Waals surface area contributed by atoms with E-state index < -0.39 is 0 Å². The van der Waals surface area contributed by atoms with E-state index >= 15 is 0 Å². The van der Waals surface area contributed by atoms with Gasteiger partial charge in [0, 0.05) is 27.9 Å². The highest BCUT2D eigenvalue weighted by molar-refractivity contribution is 6.42. The van der Waals surface area contributed by atoms with Gasteiger partial charge in [-0.1, -0.05) is 96.0 Å². The third-order valence-corrected chi connectivity index (χ3v) is 8.96. The van der Waals surface area contributed by atoms with Crippen LogP contribution in [0, 0.1) is 0 Å². The highest BCUT2D eigenvalue weighted by Crippen LogP contribution is 2.39. The fourth-order valence-electron chi connectivity index (χ4n) is 6.04. The molecule has 1 amide bonds. The number of rotatable bonds is 5. The van der Waals surface area contributed by atoms with Gasteiger partial charge in [-0.25, -0.2) is 9.97 Å². The van der Waals surface area contributed by atoms with Crippen molar-refractivity contribution in [2.75, 3.05) is 10.6 Å². The van der Waals surface area contributed by atoms with Crippen molar-refractivity contribution in [1.82, 2.24) is 9.97 Å². The quantitative estimate of drug-likeness (QED) is 0.200. The summed E-state index contributed by atoms with van der Waals surface area (Å²) < 4.78 is 0. The standard InChI is InChI=1S/C38H24Cl2N4O/c39-33-16-12-24(20-34(33)40)38(45)42-27-14-17-35-32(21-27)37(44-36(43-35)31-11-5-8-22-6-1-3-9-28(22)31)41-26-13-15-30-25(19-26)18-23-7-2-4-10-29(23)30/h1-17,19-21H,18H2,(H,42,45)(H,41,43,44). The maximum absolute atomic E-state index is 13.1. The molecule has 1 heterocycles. The summed E-state index contributed by atoms with van der Waals surface area (Å²) >= 11 is 12.2. The lowest BCUT2D eigenvalue weighted by Crippen LogP contribution is -2.12. The van der Waals surface area contributed by atoms with Gasteiger partial charge in [0.05, 0.1) is 15.6 Å². The molecule has 0 saturated heterocycles. The smallest absolute Gasteiger partial charge is 0.255 e. The molecule has 6 aromatic carbocycles. The maximum atomic E-state index is 13.1.